The number of ether oxygens (including phenoxy) is 2. The third-order valence-electron chi connectivity index (χ3n) is 2.38. The van der Waals surface area contributed by atoms with Crippen LogP contribution in [-0.2, 0) is 14.3 Å². The number of cyclic esters (lactones) is 1. The van der Waals surface area contributed by atoms with Gasteiger partial charge in [-0.05, 0) is 34.6 Å². The highest BCUT2D eigenvalue weighted by atomic mass is 16.6. The smallest absolute Gasteiger partial charge is 0.410 e. The van der Waals surface area contributed by atoms with Gasteiger partial charge < -0.3 is 14.4 Å². The van der Waals surface area contributed by atoms with Crippen molar-refractivity contribution in [2.45, 2.75) is 40.2 Å². The zero-order valence-electron chi connectivity index (χ0n) is 11.2. The van der Waals surface area contributed by atoms with Crippen molar-refractivity contribution >= 4 is 12.1 Å². The largest absolute Gasteiger partial charge is 0.463 e. The highest BCUT2D eigenvalue weighted by Gasteiger charge is 2.37. The minimum Gasteiger partial charge on any atom is -0.463 e. The highest BCUT2D eigenvalue weighted by Crippen LogP contribution is 2.23. The average Bonchev–Trinajstić information content (AvgIpc) is 2.24. The maximum Gasteiger partial charge on any atom is 0.410 e. The Hall–Kier alpha value is -1.26. The fourth-order valence-electron chi connectivity index (χ4n) is 1.55. The Balaban J connectivity index is 2.72. The van der Waals surface area contributed by atoms with Crippen molar-refractivity contribution in [2.75, 3.05) is 19.7 Å². The lowest BCUT2D eigenvalue weighted by molar-refractivity contribution is -0.151. The van der Waals surface area contributed by atoms with Gasteiger partial charge in [-0.2, -0.15) is 0 Å². The Morgan fingerprint density at radius 2 is 2.00 bits per heavy atom. The molecular weight excluding hydrogens is 222 g/mol. The van der Waals surface area contributed by atoms with E-state index in [0.717, 1.165) is 0 Å². The van der Waals surface area contributed by atoms with Crippen LogP contribution in [0.2, 0.25) is 0 Å². The van der Waals surface area contributed by atoms with Crippen LogP contribution in [0.3, 0.4) is 0 Å². The molecule has 0 bridgehead atoms. The van der Waals surface area contributed by atoms with Gasteiger partial charge in [-0.3, -0.25) is 4.79 Å². The molecule has 1 aliphatic rings. The van der Waals surface area contributed by atoms with Crippen molar-refractivity contribution in [1.82, 2.24) is 4.90 Å². The molecule has 1 heterocycles. The molecule has 98 valence electrons. The molecule has 0 unspecified atom stereocenters. The van der Waals surface area contributed by atoms with Crippen molar-refractivity contribution in [3.05, 3.63) is 0 Å². The second kappa shape index (κ2) is 4.55. The molecule has 1 saturated heterocycles. The fraction of sp³-hybridized carbons (Fsp3) is 0.833. The summed E-state index contributed by atoms with van der Waals surface area (Å²) in [5.41, 5.74) is -1.22. The number of hydrogen-bond acceptors (Lipinski definition) is 4. The molecule has 1 amide bonds. The number of hydrogen-bond donors (Lipinski definition) is 0. The summed E-state index contributed by atoms with van der Waals surface area (Å²) in [7, 11) is 0. The molecule has 0 saturated carbocycles. The van der Waals surface area contributed by atoms with E-state index in [9.17, 15) is 9.59 Å². The number of rotatable bonds is 0. The zero-order chi connectivity index (χ0) is 13.3. The maximum absolute atomic E-state index is 11.9. The van der Waals surface area contributed by atoms with Gasteiger partial charge in [0.15, 0.2) is 0 Å². The van der Waals surface area contributed by atoms with Gasteiger partial charge >= 0.3 is 12.1 Å². The van der Waals surface area contributed by atoms with E-state index in [1.807, 2.05) is 20.8 Å². The van der Waals surface area contributed by atoms with Crippen molar-refractivity contribution < 1.29 is 19.1 Å². The van der Waals surface area contributed by atoms with E-state index in [1.165, 1.54) is 4.90 Å². The van der Waals surface area contributed by atoms with Crippen LogP contribution < -0.4 is 0 Å². The lowest BCUT2D eigenvalue weighted by atomic mass is 9.93. The topological polar surface area (TPSA) is 55.8 Å². The monoisotopic (exact) mass is 243 g/mol. The first-order chi connectivity index (χ1) is 7.62. The molecule has 1 fully saturated rings. The first-order valence-electron chi connectivity index (χ1n) is 5.77. The van der Waals surface area contributed by atoms with Crippen LogP contribution in [0.5, 0.6) is 0 Å². The Kier molecular flexibility index (Phi) is 3.69. The third kappa shape index (κ3) is 3.91. The van der Waals surface area contributed by atoms with Gasteiger partial charge in [0.2, 0.25) is 0 Å². The van der Waals surface area contributed by atoms with Crippen LogP contribution in [0, 0.1) is 5.41 Å². The summed E-state index contributed by atoms with van der Waals surface area (Å²) in [6.45, 7) is 9.89. The molecule has 5 nitrogen and oxygen atoms in total. The Labute approximate surface area is 102 Å². The van der Waals surface area contributed by atoms with Gasteiger partial charge in [-0.25, -0.2) is 4.79 Å². The van der Waals surface area contributed by atoms with E-state index in [4.69, 9.17) is 9.47 Å². The van der Waals surface area contributed by atoms with Gasteiger partial charge in [0.05, 0.1) is 12.0 Å². The zero-order valence-corrected chi connectivity index (χ0v) is 11.2. The van der Waals surface area contributed by atoms with Gasteiger partial charge in [0, 0.05) is 6.54 Å². The van der Waals surface area contributed by atoms with E-state index in [-0.39, 0.29) is 12.6 Å². The Morgan fingerprint density at radius 1 is 1.41 bits per heavy atom. The van der Waals surface area contributed by atoms with Crippen LogP contribution in [0.1, 0.15) is 34.6 Å². The summed E-state index contributed by atoms with van der Waals surface area (Å²) in [5, 5.41) is 0. The summed E-state index contributed by atoms with van der Waals surface area (Å²) < 4.78 is 10.3. The first-order valence-corrected chi connectivity index (χ1v) is 5.77. The molecule has 0 aliphatic carbocycles. The third-order valence-corrected chi connectivity index (χ3v) is 2.38. The molecule has 0 atom stereocenters. The predicted octanol–water partition coefficient (Wildman–Crippen LogP) is 1.81. The lowest BCUT2D eigenvalue weighted by Gasteiger charge is -2.29. The van der Waals surface area contributed by atoms with Crippen molar-refractivity contribution in [3.8, 4) is 0 Å². The molecule has 0 radical (unpaired) electrons. The second-order valence-electron chi connectivity index (χ2n) is 5.92. The molecule has 1 rings (SSSR count). The quantitative estimate of drug-likeness (QED) is 0.609. The fourth-order valence-corrected chi connectivity index (χ4v) is 1.55. The second-order valence-corrected chi connectivity index (χ2v) is 5.92. The van der Waals surface area contributed by atoms with Crippen molar-refractivity contribution in [3.63, 3.8) is 0 Å². The minimum atomic E-state index is -0.687. The van der Waals surface area contributed by atoms with Gasteiger partial charge in [-0.1, -0.05) is 0 Å². The molecular formula is C12H21NO4. The minimum absolute atomic E-state index is 0.224. The molecule has 0 aromatic carbocycles. The highest BCUT2D eigenvalue weighted by molar-refractivity contribution is 5.78. The number of carbonyl (C=O) groups excluding carboxylic acids is 2. The van der Waals surface area contributed by atoms with Crippen LogP contribution in [0.15, 0.2) is 0 Å². The van der Waals surface area contributed by atoms with E-state index < -0.39 is 17.1 Å². The van der Waals surface area contributed by atoms with Gasteiger partial charge in [0.25, 0.3) is 0 Å². The molecule has 0 N–H and O–H groups in total. The van der Waals surface area contributed by atoms with Crippen LogP contribution in [0.25, 0.3) is 0 Å². The summed E-state index contributed by atoms with van der Waals surface area (Å²) in [6.07, 6.45) is -0.399. The van der Waals surface area contributed by atoms with Gasteiger partial charge in [-0.15, -0.1) is 0 Å². The predicted molar refractivity (Wildman–Crippen MR) is 62.5 cm³/mol. The maximum atomic E-state index is 11.9. The van der Waals surface area contributed by atoms with Crippen LogP contribution >= 0.6 is 0 Å². The lowest BCUT2D eigenvalue weighted by Crippen LogP contribution is -2.43. The molecule has 0 aromatic heterocycles. The summed E-state index contributed by atoms with van der Waals surface area (Å²) in [4.78, 5) is 25.0. The van der Waals surface area contributed by atoms with Crippen molar-refractivity contribution in [1.29, 1.82) is 0 Å². The van der Waals surface area contributed by atoms with E-state index in [1.54, 1.807) is 13.8 Å². The normalized spacial score (nSPS) is 20.5. The molecule has 1 aliphatic heterocycles. The summed E-state index contributed by atoms with van der Waals surface area (Å²) >= 11 is 0. The SMILES string of the molecule is CC(C)(C)OC(=O)N1CCOC(=O)C(C)(C)C1. The van der Waals surface area contributed by atoms with Crippen molar-refractivity contribution in [2.24, 2.45) is 5.41 Å². The molecule has 17 heavy (non-hydrogen) atoms. The van der Waals surface area contributed by atoms with E-state index in [0.29, 0.717) is 13.1 Å². The van der Waals surface area contributed by atoms with Gasteiger partial charge in [0.1, 0.15) is 12.2 Å². The first kappa shape index (κ1) is 13.8. The number of esters is 1. The van der Waals surface area contributed by atoms with E-state index >= 15 is 0 Å². The van der Waals surface area contributed by atoms with E-state index in [2.05, 4.69) is 0 Å². The molecule has 0 spiro atoms. The van der Waals surface area contributed by atoms with Crippen LogP contribution in [0.4, 0.5) is 4.79 Å². The molecule has 5 heteroatoms. The standard InChI is InChI=1S/C12H21NO4/c1-11(2,3)17-10(15)13-6-7-16-9(14)12(4,5)8-13/h6-8H2,1-5H3. The average molecular weight is 243 g/mol. The van der Waals surface area contributed by atoms with Crippen LogP contribution in [-0.4, -0.2) is 42.3 Å². The molecule has 0 aromatic rings. The summed E-state index contributed by atoms with van der Waals surface area (Å²) in [5.74, 6) is -0.274. The number of amides is 1. The Bertz CT molecular complexity index is 317. The Morgan fingerprint density at radius 3 is 2.53 bits per heavy atom. The summed E-state index contributed by atoms with van der Waals surface area (Å²) in [6, 6.07) is 0. The number of nitrogens with zero attached hydrogens (tertiary/aromatic N) is 1. The number of carbonyl (C=O) groups is 2.